The highest BCUT2D eigenvalue weighted by Gasteiger charge is 2.35. The fourth-order valence-corrected chi connectivity index (χ4v) is 4.77. The van der Waals surface area contributed by atoms with Gasteiger partial charge in [0.25, 0.3) is 5.91 Å². The molecule has 1 aromatic heterocycles. The van der Waals surface area contributed by atoms with E-state index >= 15 is 0 Å². The zero-order valence-electron chi connectivity index (χ0n) is 14.3. The first-order chi connectivity index (χ1) is 12.1. The number of hydrogen-bond acceptors (Lipinski definition) is 4. The lowest BCUT2D eigenvalue weighted by atomic mass is 9.84. The van der Waals surface area contributed by atoms with E-state index in [4.69, 9.17) is 0 Å². The van der Waals surface area contributed by atoms with Crippen LogP contribution >= 0.6 is 11.3 Å². The van der Waals surface area contributed by atoms with E-state index in [2.05, 4.69) is 10.2 Å². The molecular weight excluding hydrogens is 332 g/mol. The first-order valence-electron chi connectivity index (χ1n) is 8.84. The van der Waals surface area contributed by atoms with Crippen LogP contribution in [-0.4, -0.2) is 42.3 Å². The molecule has 4 heterocycles. The van der Waals surface area contributed by atoms with Gasteiger partial charge in [-0.2, -0.15) is 0 Å². The van der Waals surface area contributed by atoms with Gasteiger partial charge >= 0.3 is 0 Å². The third-order valence-electron chi connectivity index (χ3n) is 5.38. The number of nitrogens with zero attached hydrogens (tertiary/aromatic N) is 1. The summed E-state index contributed by atoms with van der Waals surface area (Å²) < 4.78 is 0. The summed E-state index contributed by atoms with van der Waals surface area (Å²) in [6, 6.07) is 11.7. The molecule has 0 radical (unpaired) electrons. The lowest BCUT2D eigenvalue weighted by Crippen LogP contribution is -2.57. The zero-order valence-corrected chi connectivity index (χ0v) is 15.1. The van der Waals surface area contributed by atoms with Crippen molar-refractivity contribution >= 4 is 23.0 Å². The summed E-state index contributed by atoms with van der Waals surface area (Å²) in [5, 5.41) is 3.24. The number of hydrogen-bond donors (Lipinski definition) is 1. The van der Waals surface area contributed by atoms with Crippen molar-refractivity contribution in [3.05, 3.63) is 46.8 Å². The van der Waals surface area contributed by atoms with Crippen LogP contribution in [0.3, 0.4) is 0 Å². The molecule has 2 bridgehead atoms. The molecule has 1 unspecified atom stereocenters. The Bertz CT molecular complexity index is 788. The van der Waals surface area contributed by atoms with Crippen LogP contribution in [0.4, 0.5) is 0 Å². The minimum atomic E-state index is 0.0374. The number of benzene rings is 1. The van der Waals surface area contributed by atoms with Crippen molar-refractivity contribution in [2.45, 2.75) is 25.8 Å². The van der Waals surface area contributed by atoms with Gasteiger partial charge in [-0.1, -0.05) is 24.3 Å². The topological polar surface area (TPSA) is 49.4 Å². The number of carbonyl (C=O) groups excluding carboxylic acids is 2. The Morgan fingerprint density at radius 3 is 2.40 bits per heavy atom. The minimum absolute atomic E-state index is 0.0374. The van der Waals surface area contributed by atoms with Crippen LogP contribution < -0.4 is 5.32 Å². The third kappa shape index (κ3) is 3.39. The van der Waals surface area contributed by atoms with E-state index in [1.54, 1.807) is 6.92 Å². The number of amides is 1. The summed E-state index contributed by atoms with van der Waals surface area (Å²) in [7, 11) is 0. The number of ketones is 1. The molecule has 3 aliphatic rings. The Balaban J connectivity index is 1.45. The average Bonchev–Trinajstić information content (AvgIpc) is 3.13. The number of carbonyl (C=O) groups is 2. The molecule has 0 spiro atoms. The zero-order chi connectivity index (χ0) is 17.4. The smallest absolute Gasteiger partial charge is 0.261 e. The molecule has 130 valence electrons. The predicted molar refractivity (Wildman–Crippen MR) is 100 cm³/mol. The van der Waals surface area contributed by atoms with Crippen LogP contribution in [0.15, 0.2) is 36.4 Å². The van der Waals surface area contributed by atoms with Gasteiger partial charge in [0.05, 0.1) is 4.88 Å². The fourth-order valence-electron chi connectivity index (χ4n) is 3.85. The van der Waals surface area contributed by atoms with Gasteiger partial charge in [0.15, 0.2) is 5.78 Å². The minimum Gasteiger partial charge on any atom is -0.347 e. The predicted octanol–water partition coefficient (Wildman–Crippen LogP) is 3.44. The molecule has 0 saturated carbocycles. The number of nitrogens with one attached hydrogen (secondary N) is 1. The Kier molecular flexibility index (Phi) is 4.44. The van der Waals surface area contributed by atoms with Crippen molar-refractivity contribution in [1.82, 2.24) is 10.2 Å². The van der Waals surface area contributed by atoms with Crippen LogP contribution in [-0.2, 0) is 0 Å². The van der Waals surface area contributed by atoms with Crippen LogP contribution in [0.2, 0.25) is 0 Å². The molecule has 2 aromatic rings. The second kappa shape index (κ2) is 6.73. The van der Waals surface area contributed by atoms with E-state index in [1.165, 1.54) is 37.3 Å². The maximum absolute atomic E-state index is 12.6. The Morgan fingerprint density at radius 2 is 1.80 bits per heavy atom. The van der Waals surface area contributed by atoms with Crippen molar-refractivity contribution in [2.75, 3.05) is 19.6 Å². The molecule has 4 nitrogen and oxygen atoms in total. The third-order valence-corrected chi connectivity index (χ3v) is 6.51. The number of piperidine rings is 3. The maximum atomic E-state index is 12.6. The van der Waals surface area contributed by atoms with Gasteiger partial charge in [0.1, 0.15) is 0 Å². The lowest BCUT2D eigenvalue weighted by Gasteiger charge is -2.44. The molecule has 1 aromatic carbocycles. The maximum Gasteiger partial charge on any atom is 0.261 e. The molecule has 5 rings (SSSR count). The van der Waals surface area contributed by atoms with Gasteiger partial charge in [-0.3, -0.25) is 9.59 Å². The molecule has 1 atom stereocenters. The van der Waals surface area contributed by atoms with E-state index in [9.17, 15) is 9.59 Å². The molecule has 3 saturated heterocycles. The van der Waals surface area contributed by atoms with E-state index in [-0.39, 0.29) is 17.7 Å². The van der Waals surface area contributed by atoms with E-state index in [0.29, 0.717) is 11.5 Å². The van der Waals surface area contributed by atoms with Crippen molar-refractivity contribution in [3.8, 4) is 10.4 Å². The Morgan fingerprint density at radius 1 is 1.08 bits per heavy atom. The van der Waals surface area contributed by atoms with Gasteiger partial charge in [-0.15, -0.1) is 11.3 Å². The fraction of sp³-hybridized carbons (Fsp3) is 0.400. The van der Waals surface area contributed by atoms with Crippen molar-refractivity contribution < 1.29 is 9.59 Å². The van der Waals surface area contributed by atoms with E-state index in [0.717, 1.165) is 21.9 Å². The molecular formula is C20H22N2O2S. The van der Waals surface area contributed by atoms with E-state index < -0.39 is 0 Å². The van der Waals surface area contributed by atoms with Crippen LogP contribution in [0.5, 0.6) is 0 Å². The van der Waals surface area contributed by atoms with Crippen molar-refractivity contribution in [1.29, 1.82) is 0 Å². The monoisotopic (exact) mass is 354 g/mol. The van der Waals surface area contributed by atoms with Gasteiger partial charge < -0.3 is 10.2 Å². The molecule has 25 heavy (non-hydrogen) atoms. The molecule has 3 fully saturated rings. The summed E-state index contributed by atoms with van der Waals surface area (Å²) in [4.78, 5) is 28.2. The van der Waals surface area contributed by atoms with Crippen LogP contribution in [0.25, 0.3) is 10.4 Å². The second-order valence-electron chi connectivity index (χ2n) is 7.02. The first kappa shape index (κ1) is 16.5. The molecule has 3 aliphatic heterocycles. The Hall–Kier alpha value is -1.98. The number of fused-ring (bicyclic) bond motifs is 3. The Labute approximate surface area is 151 Å². The first-order valence-corrected chi connectivity index (χ1v) is 9.66. The number of Topliss-reactive ketones (excluding diaryl/α,β-unsaturated/α-hetero) is 1. The summed E-state index contributed by atoms with van der Waals surface area (Å²) in [6.45, 7) is 4.91. The highest BCUT2D eigenvalue weighted by Crippen LogP contribution is 2.30. The lowest BCUT2D eigenvalue weighted by molar-refractivity contribution is 0.0622. The summed E-state index contributed by atoms with van der Waals surface area (Å²) in [5.74, 6) is 0.734. The van der Waals surface area contributed by atoms with Crippen LogP contribution in [0, 0.1) is 5.92 Å². The molecule has 1 amide bonds. The second-order valence-corrected chi connectivity index (χ2v) is 8.10. The van der Waals surface area contributed by atoms with E-state index in [1.807, 2.05) is 36.4 Å². The largest absolute Gasteiger partial charge is 0.347 e. The summed E-state index contributed by atoms with van der Waals surface area (Å²) in [6.07, 6.45) is 2.40. The number of rotatable bonds is 4. The standard InChI is InChI=1S/C20H22N2O2S/c1-13(23)14-2-4-16(5-3-14)18-6-7-19(25-18)20(24)21-17-12-22-10-8-15(17)9-11-22/h2-7,15,17H,8-12H2,1H3,(H,21,24). The molecule has 1 N–H and O–H groups in total. The number of thiophene rings is 1. The van der Waals surface area contributed by atoms with Gasteiger partial charge in [0, 0.05) is 23.0 Å². The summed E-state index contributed by atoms with van der Waals surface area (Å²) >= 11 is 1.51. The van der Waals surface area contributed by atoms with Crippen LogP contribution in [0.1, 0.15) is 39.8 Å². The SMILES string of the molecule is CC(=O)c1ccc(-c2ccc(C(=O)NC3CN4CCC3CC4)s2)cc1. The van der Waals surface area contributed by atoms with Gasteiger partial charge in [-0.05, 0) is 56.5 Å². The van der Waals surface area contributed by atoms with Crippen molar-refractivity contribution in [3.63, 3.8) is 0 Å². The molecule has 0 aliphatic carbocycles. The van der Waals surface area contributed by atoms with Gasteiger partial charge in [0.2, 0.25) is 0 Å². The highest BCUT2D eigenvalue weighted by atomic mass is 32.1. The average molecular weight is 354 g/mol. The van der Waals surface area contributed by atoms with Gasteiger partial charge in [-0.25, -0.2) is 0 Å². The molecule has 5 heteroatoms. The normalized spacial score (nSPS) is 24.9. The quantitative estimate of drug-likeness (QED) is 0.856. The van der Waals surface area contributed by atoms with Crippen molar-refractivity contribution in [2.24, 2.45) is 5.92 Å². The highest BCUT2D eigenvalue weighted by molar-refractivity contribution is 7.17. The summed E-state index contributed by atoms with van der Waals surface area (Å²) in [5.41, 5.74) is 1.75.